The van der Waals surface area contributed by atoms with E-state index in [1.165, 1.54) is 0 Å². The van der Waals surface area contributed by atoms with E-state index in [1.807, 2.05) is 0 Å². The summed E-state index contributed by atoms with van der Waals surface area (Å²) in [5.41, 5.74) is 0. The molecule has 23 heavy (non-hydrogen) atoms. The minimum absolute atomic E-state index is 3.26. The summed E-state index contributed by atoms with van der Waals surface area (Å²) in [6, 6.07) is 0. The highest BCUT2D eigenvalue weighted by molar-refractivity contribution is 5.10. The molecule has 0 spiro atoms. The molecule has 0 aliphatic carbocycles. The highest BCUT2D eigenvalue weighted by Gasteiger charge is 2.90. The second-order valence-electron chi connectivity index (χ2n) is 4.14. The van der Waals surface area contributed by atoms with Crippen LogP contribution in [0.25, 0.3) is 0 Å². The van der Waals surface area contributed by atoms with Crippen molar-refractivity contribution in [2.24, 2.45) is 0 Å². The number of aliphatic hydroxyl groups is 1. The molecule has 1 unspecified atom stereocenters. The average Bonchev–Trinajstić information content (AvgIpc) is 2.24. The Hall–Kier alpha value is -1.02. The van der Waals surface area contributed by atoms with Gasteiger partial charge in [-0.3, -0.25) is 0 Å². The maximum atomic E-state index is 12.8. The summed E-state index contributed by atoms with van der Waals surface area (Å²) in [7, 11) is 0. The van der Waals surface area contributed by atoms with Crippen LogP contribution in [0.15, 0.2) is 0 Å². The number of rotatable bonds is 6. The van der Waals surface area contributed by atoms with Crippen molar-refractivity contribution in [1.29, 1.82) is 0 Å². The molecule has 0 radical (unpaired) electrons. The summed E-state index contributed by atoms with van der Waals surface area (Å²) in [5, 5.41) is 7.77. The van der Waals surface area contributed by atoms with Crippen LogP contribution in [0.2, 0.25) is 0 Å². The first-order valence-electron chi connectivity index (χ1n) is 4.94. The van der Waals surface area contributed by atoms with Crippen LogP contribution >= 0.6 is 0 Å². The molecule has 0 aliphatic rings. The lowest BCUT2D eigenvalue weighted by Gasteiger charge is -2.39. The van der Waals surface area contributed by atoms with E-state index in [-0.39, 0.29) is 0 Å². The maximum absolute atomic E-state index is 12.8. The third kappa shape index (κ3) is 3.15. The minimum Gasteiger partial charge on any atom is -0.364 e. The van der Waals surface area contributed by atoms with Crippen LogP contribution in [0.1, 0.15) is 6.42 Å². The molecule has 0 fully saturated rings. The van der Waals surface area contributed by atoms with E-state index in [2.05, 4.69) is 0 Å². The Morgan fingerprint density at radius 1 is 0.565 bits per heavy atom. The largest absolute Gasteiger partial charge is 0.460 e. The van der Waals surface area contributed by atoms with Crippen molar-refractivity contribution in [2.75, 3.05) is 0 Å². The monoisotopic (exact) mass is 382 g/mol. The van der Waals surface area contributed by atoms with E-state index in [1.54, 1.807) is 0 Å². The molecule has 0 aromatic carbocycles. The topological polar surface area (TPSA) is 20.2 Å². The fourth-order valence-corrected chi connectivity index (χ4v) is 1.14. The number of aliphatic hydroxyl groups excluding tert-OH is 1. The Bertz CT molecular complexity index is 421. The fourth-order valence-electron chi connectivity index (χ4n) is 1.14. The van der Waals surface area contributed by atoms with Crippen LogP contribution in [0.4, 0.5) is 61.5 Å². The molecular formula is C8H4F14O. The smallest absolute Gasteiger partial charge is 0.364 e. The van der Waals surface area contributed by atoms with Crippen molar-refractivity contribution >= 4 is 0 Å². The Kier molecular flexibility index (Phi) is 5.27. The molecule has 0 saturated heterocycles. The number of hydrogen-bond donors (Lipinski definition) is 1. The summed E-state index contributed by atoms with van der Waals surface area (Å²) in [4.78, 5) is 0. The van der Waals surface area contributed by atoms with Crippen molar-refractivity contribution < 1.29 is 66.6 Å². The molecule has 0 saturated carbocycles. The average molecular weight is 382 g/mol. The van der Waals surface area contributed by atoms with Gasteiger partial charge in [0.2, 0.25) is 6.36 Å². The zero-order valence-corrected chi connectivity index (χ0v) is 10.0. The van der Waals surface area contributed by atoms with Crippen LogP contribution in [0.5, 0.6) is 0 Å². The second-order valence-corrected chi connectivity index (χ2v) is 4.14. The van der Waals surface area contributed by atoms with E-state index in [4.69, 9.17) is 5.11 Å². The lowest BCUT2D eigenvalue weighted by molar-refractivity contribution is -0.441. The Morgan fingerprint density at radius 3 is 1.13 bits per heavy atom. The second kappa shape index (κ2) is 5.51. The Labute approximate surface area is 116 Å². The van der Waals surface area contributed by atoms with Gasteiger partial charge in [-0.05, 0) is 0 Å². The van der Waals surface area contributed by atoms with Gasteiger partial charge >= 0.3 is 35.8 Å². The first-order chi connectivity index (χ1) is 9.67. The lowest BCUT2D eigenvalue weighted by Crippen LogP contribution is -2.70. The third-order valence-corrected chi connectivity index (χ3v) is 2.42. The molecule has 1 N–H and O–H groups in total. The van der Waals surface area contributed by atoms with E-state index in [9.17, 15) is 61.5 Å². The standard InChI is InChI=1S/C8H4F14O/c9-2(23)1-3(10,11)4(12,13)5(14,15)6(16,17)7(18,19)8(20,21)22/h2,23H,1H2. The Morgan fingerprint density at radius 2 is 0.870 bits per heavy atom. The fraction of sp³-hybridized carbons (Fsp3) is 1.00. The molecule has 0 bridgehead atoms. The summed E-state index contributed by atoms with van der Waals surface area (Å²) in [6.45, 7) is 0. The van der Waals surface area contributed by atoms with Gasteiger partial charge in [0.25, 0.3) is 0 Å². The minimum atomic E-state index is -8.02. The van der Waals surface area contributed by atoms with Gasteiger partial charge in [-0.1, -0.05) is 0 Å². The molecule has 15 heteroatoms. The molecule has 0 aromatic rings. The van der Waals surface area contributed by atoms with Gasteiger partial charge in [-0.15, -0.1) is 0 Å². The van der Waals surface area contributed by atoms with Crippen molar-refractivity contribution in [3.63, 3.8) is 0 Å². The molecule has 1 nitrogen and oxygen atoms in total. The normalized spacial score (nSPS) is 17.3. The van der Waals surface area contributed by atoms with Crippen LogP contribution in [0.3, 0.4) is 0 Å². The van der Waals surface area contributed by atoms with E-state index in [0.717, 1.165) is 0 Å². The summed E-state index contributed by atoms with van der Waals surface area (Å²) >= 11 is 0. The Balaban J connectivity index is 6.14. The van der Waals surface area contributed by atoms with Gasteiger partial charge in [0.1, 0.15) is 0 Å². The van der Waals surface area contributed by atoms with Crippen molar-refractivity contribution in [1.82, 2.24) is 0 Å². The van der Waals surface area contributed by atoms with Gasteiger partial charge in [-0.25, -0.2) is 4.39 Å². The number of alkyl halides is 14. The van der Waals surface area contributed by atoms with Gasteiger partial charge in [0.15, 0.2) is 0 Å². The molecule has 0 rings (SSSR count). The molecule has 0 amide bonds. The van der Waals surface area contributed by atoms with Gasteiger partial charge < -0.3 is 5.11 Å². The lowest BCUT2D eigenvalue weighted by atomic mass is 9.92. The first kappa shape index (κ1) is 22.0. The zero-order valence-electron chi connectivity index (χ0n) is 10.0. The van der Waals surface area contributed by atoms with Gasteiger partial charge in [-0.2, -0.15) is 57.1 Å². The highest BCUT2D eigenvalue weighted by atomic mass is 19.4. The number of hydrogen-bond acceptors (Lipinski definition) is 1. The summed E-state index contributed by atoms with van der Waals surface area (Å²) in [5.74, 6) is -38.0. The molecule has 140 valence electrons. The first-order valence-corrected chi connectivity index (χ1v) is 4.94. The quantitative estimate of drug-likeness (QED) is 0.676. The van der Waals surface area contributed by atoms with Crippen LogP contribution in [-0.4, -0.2) is 47.3 Å². The van der Waals surface area contributed by atoms with Crippen LogP contribution < -0.4 is 0 Å². The SMILES string of the molecule is OC(F)CC(F)(F)C(F)(F)C(F)(F)C(F)(F)C(F)(F)C(F)(F)F. The van der Waals surface area contributed by atoms with E-state index < -0.39 is 48.6 Å². The summed E-state index contributed by atoms with van der Waals surface area (Å²) in [6.07, 6.45) is -14.7. The predicted octanol–water partition coefficient (Wildman–Crippen LogP) is 4.40. The molecule has 0 aromatic heterocycles. The van der Waals surface area contributed by atoms with Crippen molar-refractivity contribution in [3.05, 3.63) is 0 Å². The zero-order chi connectivity index (χ0) is 19.3. The van der Waals surface area contributed by atoms with Crippen molar-refractivity contribution in [3.8, 4) is 0 Å². The third-order valence-electron chi connectivity index (χ3n) is 2.42. The van der Waals surface area contributed by atoms with Gasteiger partial charge in [0.05, 0.1) is 6.42 Å². The van der Waals surface area contributed by atoms with Gasteiger partial charge in [0, 0.05) is 0 Å². The molecule has 1 atom stereocenters. The number of halogens is 14. The van der Waals surface area contributed by atoms with Crippen LogP contribution in [0, 0.1) is 0 Å². The maximum Gasteiger partial charge on any atom is 0.460 e. The van der Waals surface area contributed by atoms with Crippen LogP contribution in [-0.2, 0) is 0 Å². The molecule has 0 aliphatic heterocycles. The van der Waals surface area contributed by atoms with E-state index >= 15 is 0 Å². The van der Waals surface area contributed by atoms with E-state index in [0.29, 0.717) is 0 Å². The highest BCUT2D eigenvalue weighted by Crippen LogP contribution is 2.60. The molecular weight excluding hydrogens is 378 g/mol. The summed E-state index contributed by atoms with van der Waals surface area (Å²) < 4.78 is 173. The molecule has 0 heterocycles. The predicted molar refractivity (Wildman–Crippen MR) is 42.5 cm³/mol. The van der Waals surface area contributed by atoms with Crippen molar-refractivity contribution in [2.45, 2.75) is 48.6 Å².